The number of aliphatic hydroxyl groups is 1. The third kappa shape index (κ3) is 3.20. The number of para-hydroxylation sites is 2. The Morgan fingerprint density at radius 2 is 2.13 bits per heavy atom. The van der Waals surface area contributed by atoms with Gasteiger partial charge in [-0.1, -0.05) is 18.2 Å². The van der Waals surface area contributed by atoms with E-state index < -0.39 is 11.4 Å². The van der Waals surface area contributed by atoms with Crippen LogP contribution in [0.1, 0.15) is 11.8 Å². The van der Waals surface area contributed by atoms with Gasteiger partial charge in [-0.15, -0.1) is 11.3 Å². The van der Waals surface area contributed by atoms with Crippen LogP contribution in [-0.2, 0) is 16.9 Å². The minimum atomic E-state index is -1.15. The summed E-state index contributed by atoms with van der Waals surface area (Å²) in [6, 6.07) is 10.6. The summed E-state index contributed by atoms with van der Waals surface area (Å²) in [6.07, 6.45) is 0. The molecule has 0 spiro atoms. The summed E-state index contributed by atoms with van der Waals surface area (Å²) in [4.78, 5) is 24.7. The van der Waals surface area contributed by atoms with Gasteiger partial charge in [-0.3, -0.25) is 9.36 Å². The molecule has 2 N–H and O–H groups in total. The van der Waals surface area contributed by atoms with E-state index in [1.165, 1.54) is 15.9 Å². The van der Waals surface area contributed by atoms with Gasteiger partial charge in [0.2, 0.25) is 5.91 Å². The van der Waals surface area contributed by atoms with Crippen LogP contribution in [0.25, 0.3) is 11.1 Å². The predicted molar refractivity (Wildman–Crippen MR) is 87.4 cm³/mol. The second-order valence-electron chi connectivity index (χ2n) is 5.45. The minimum Gasteiger partial charge on any atom is -0.408 e. The number of amides is 1. The first-order valence-electron chi connectivity index (χ1n) is 7.09. The normalized spacial score (nSPS) is 13.8. The SMILES string of the molecule is C[C@@](O)(CNC(=O)Cn1c(=O)oc2ccccc21)c1cccs1. The average Bonchev–Trinajstić information content (AvgIpc) is 3.15. The number of carbonyl (C=O) groups excluding carboxylic acids is 1. The van der Waals surface area contributed by atoms with Gasteiger partial charge in [0, 0.05) is 4.88 Å². The van der Waals surface area contributed by atoms with Gasteiger partial charge in [-0.25, -0.2) is 4.79 Å². The van der Waals surface area contributed by atoms with Crippen molar-refractivity contribution in [2.75, 3.05) is 6.54 Å². The number of carbonyl (C=O) groups is 1. The summed E-state index contributed by atoms with van der Waals surface area (Å²) in [7, 11) is 0. The maximum Gasteiger partial charge on any atom is 0.420 e. The van der Waals surface area contributed by atoms with Crippen molar-refractivity contribution in [2.45, 2.75) is 19.1 Å². The lowest BCUT2D eigenvalue weighted by molar-refractivity contribution is -0.122. The summed E-state index contributed by atoms with van der Waals surface area (Å²) >= 11 is 1.42. The topological polar surface area (TPSA) is 84.5 Å². The minimum absolute atomic E-state index is 0.0664. The number of fused-ring (bicyclic) bond motifs is 1. The van der Waals surface area contributed by atoms with E-state index in [0.29, 0.717) is 11.1 Å². The van der Waals surface area contributed by atoms with E-state index in [2.05, 4.69) is 5.32 Å². The Bertz CT molecular complexity index is 877. The van der Waals surface area contributed by atoms with Gasteiger partial charge >= 0.3 is 5.76 Å². The molecule has 0 bridgehead atoms. The molecule has 0 fully saturated rings. The predicted octanol–water partition coefficient (Wildman–Crippen LogP) is 1.68. The lowest BCUT2D eigenvalue weighted by atomic mass is 10.1. The molecule has 0 saturated carbocycles. The van der Waals surface area contributed by atoms with E-state index in [0.717, 1.165) is 4.88 Å². The van der Waals surface area contributed by atoms with Gasteiger partial charge in [0.1, 0.15) is 12.1 Å². The highest BCUT2D eigenvalue weighted by Gasteiger charge is 2.25. The van der Waals surface area contributed by atoms with Crippen LogP contribution in [0.2, 0.25) is 0 Å². The van der Waals surface area contributed by atoms with E-state index in [1.54, 1.807) is 31.2 Å². The highest BCUT2D eigenvalue weighted by molar-refractivity contribution is 7.10. The fourth-order valence-corrected chi connectivity index (χ4v) is 3.09. The fraction of sp³-hybridized carbons (Fsp3) is 0.250. The summed E-state index contributed by atoms with van der Waals surface area (Å²) in [5.41, 5.74) is -0.138. The van der Waals surface area contributed by atoms with E-state index in [-0.39, 0.29) is 19.0 Å². The van der Waals surface area contributed by atoms with Crippen molar-refractivity contribution in [3.63, 3.8) is 0 Å². The molecule has 3 rings (SSSR count). The third-order valence-corrected chi connectivity index (χ3v) is 4.68. The molecule has 120 valence electrons. The molecule has 6 nitrogen and oxygen atoms in total. The Morgan fingerprint density at radius 1 is 1.35 bits per heavy atom. The second-order valence-corrected chi connectivity index (χ2v) is 6.40. The van der Waals surface area contributed by atoms with Crippen molar-refractivity contribution in [3.05, 3.63) is 57.2 Å². The van der Waals surface area contributed by atoms with Gasteiger partial charge in [0.25, 0.3) is 0 Å². The molecule has 2 aromatic heterocycles. The number of benzene rings is 1. The first-order valence-corrected chi connectivity index (χ1v) is 7.97. The molecule has 3 aromatic rings. The quantitative estimate of drug-likeness (QED) is 0.744. The van der Waals surface area contributed by atoms with Crippen LogP contribution in [0.3, 0.4) is 0 Å². The number of nitrogens with zero attached hydrogens (tertiary/aromatic N) is 1. The largest absolute Gasteiger partial charge is 0.420 e. The van der Waals surface area contributed by atoms with Crippen molar-refractivity contribution < 1.29 is 14.3 Å². The molecule has 2 heterocycles. The van der Waals surface area contributed by atoms with Crippen molar-refractivity contribution in [3.8, 4) is 0 Å². The number of aromatic nitrogens is 1. The van der Waals surface area contributed by atoms with Crippen LogP contribution in [0.15, 0.2) is 51.0 Å². The van der Waals surface area contributed by atoms with Gasteiger partial charge < -0.3 is 14.8 Å². The van der Waals surface area contributed by atoms with E-state index in [4.69, 9.17) is 4.42 Å². The molecule has 0 radical (unpaired) electrons. The second kappa shape index (κ2) is 6.02. The number of oxazole rings is 1. The summed E-state index contributed by atoms with van der Waals surface area (Å²) in [5.74, 6) is -0.943. The van der Waals surface area contributed by atoms with E-state index in [1.807, 2.05) is 17.5 Å². The molecule has 1 aromatic carbocycles. The standard InChI is InChI=1S/C16H16N2O4S/c1-16(21,13-7-4-8-23-13)10-17-14(19)9-18-11-5-2-3-6-12(11)22-15(18)20/h2-8,21H,9-10H2,1H3,(H,17,19)/t16-/m1/s1. The first kappa shape index (κ1) is 15.5. The highest BCUT2D eigenvalue weighted by atomic mass is 32.1. The van der Waals surface area contributed by atoms with Gasteiger partial charge in [0.15, 0.2) is 5.58 Å². The van der Waals surface area contributed by atoms with Crippen LogP contribution in [0, 0.1) is 0 Å². The van der Waals surface area contributed by atoms with E-state index in [9.17, 15) is 14.7 Å². The summed E-state index contributed by atoms with van der Waals surface area (Å²) in [5, 5.41) is 14.9. The summed E-state index contributed by atoms with van der Waals surface area (Å²) in [6.45, 7) is 1.55. The van der Waals surface area contributed by atoms with Crippen LogP contribution >= 0.6 is 11.3 Å². The van der Waals surface area contributed by atoms with Crippen molar-refractivity contribution in [2.24, 2.45) is 0 Å². The Morgan fingerprint density at radius 3 is 2.87 bits per heavy atom. The van der Waals surface area contributed by atoms with Crippen LogP contribution in [0.5, 0.6) is 0 Å². The molecule has 0 aliphatic rings. The molecule has 0 aliphatic heterocycles. The maximum atomic E-state index is 12.1. The zero-order valence-corrected chi connectivity index (χ0v) is 13.3. The molecule has 0 aliphatic carbocycles. The Labute approximate surface area is 136 Å². The average molecular weight is 332 g/mol. The number of thiophene rings is 1. The monoisotopic (exact) mass is 332 g/mol. The highest BCUT2D eigenvalue weighted by Crippen LogP contribution is 2.24. The Hall–Kier alpha value is -2.38. The molecule has 0 unspecified atom stereocenters. The van der Waals surface area contributed by atoms with Gasteiger partial charge in [-0.2, -0.15) is 0 Å². The number of nitrogens with one attached hydrogen (secondary N) is 1. The summed E-state index contributed by atoms with van der Waals surface area (Å²) < 4.78 is 6.35. The molecular weight excluding hydrogens is 316 g/mol. The van der Waals surface area contributed by atoms with Crippen molar-refractivity contribution >= 4 is 28.3 Å². The first-order chi connectivity index (χ1) is 11.0. The lowest BCUT2D eigenvalue weighted by Crippen LogP contribution is -2.40. The molecule has 23 heavy (non-hydrogen) atoms. The van der Waals surface area contributed by atoms with Gasteiger partial charge in [0.05, 0.1) is 12.1 Å². The van der Waals surface area contributed by atoms with Crippen molar-refractivity contribution in [1.29, 1.82) is 0 Å². The molecule has 0 saturated heterocycles. The smallest absolute Gasteiger partial charge is 0.408 e. The Balaban J connectivity index is 1.70. The van der Waals surface area contributed by atoms with Crippen molar-refractivity contribution in [1.82, 2.24) is 9.88 Å². The van der Waals surface area contributed by atoms with Crippen LogP contribution in [-0.4, -0.2) is 22.1 Å². The van der Waals surface area contributed by atoms with Crippen LogP contribution < -0.4 is 11.1 Å². The van der Waals surface area contributed by atoms with E-state index >= 15 is 0 Å². The molecule has 7 heteroatoms. The fourth-order valence-electron chi connectivity index (χ4n) is 2.31. The van der Waals surface area contributed by atoms with Crippen LogP contribution in [0.4, 0.5) is 0 Å². The lowest BCUT2D eigenvalue weighted by Gasteiger charge is -2.22. The van der Waals surface area contributed by atoms with Gasteiger partial charge in [-0.05, 0) is 30.5 Å². The Kier molecular flexibility index (Phi) is 4.06. The molecular formula is C16H16N2O4S. The number of rotatable bonds is 5. The molecule has 1 amide bonds. The maximum absolute atomic E-state index is 12.1. The third-order valence-electron chi connectivity index (χ3n) is 3.56. The number of hydrogen-bond donors (Lipinski definition) is 2. The molecule has 1 atom stereocenters. The zero-order chi connectivity index (χ0) is 16.4. The zero-order valence-electron chi connectivity index (χ0n) is 12.5. The number of hydrogen-bond acceptors (Lipinski definition) is 5.